The van der Waals surface area contributed by atoms with E-state index in [1.165, 1.54) is 12.8 Å². The Bertz CT molecular complexity index is 372. The van der Waals surface area contributed by atoms with Crippen molar-refractivity contribution in [3.8, 4) is 0 Å². The van der Waals surface area contributed by atoms with Gasteiger partial charge in [0.25, 0.3) is 0 Å². The van der Waals surface area contributed by atoms with Gasteiger partial charge in [0.2, 0.25) is 0 Å². The van der Waals surface area contributed by atoms with Crippen molar-refractivity contribution in [1.29, 1.82) is 0 Å². The van der Waals surface area contributed by atoms with Crippen molar-refractivity contribution in [2.24, 2.45) is 11.7 Å². The molecule has 0 amide bonds. The van der Waals surface area contributed by atoms with Crippen LogP contribution in [0.25, 0.3) is 0 Å². The lowest BCUT2D eigenvalue weighted by atomic mass is 9.89. The molecule has 1 aliphatic carbocycles. The lowest BCUT2D eigenvalue weighted by Gasteiger charge is -2.31. The lowest BCUT2D eigenvalue weighted by molar-refractivity contribution is -0.0442. The van der Waals surface area contributed by atoms with E-state index in [-0.39, 0.29) is 12.1 Å². The van der Waals surface area contributed by atoms with Crippen LogP contribution in [0.2, 0.25) is 4.34 Å². The predicted molar refractivity (Wildman–Crippen MR) is 78.2 cm³/mol. The molecule has 1 aromatic rings. The minimum atomic E-state index is -0.0130. The molecule has 0 saturated heterocycles. The summed E-state index contributed by atoms with van der Waals surface area (Å²) >= 11 is 7.57. The van der Waals surface area contributed by atoms with Crippen LogP contribution in [0.5, 0.6) is 0 Å². The molecule has 2 atom stereocenters. The second-order valence-corrected chi connectivity index (χ2v) is 7.19. The van der Waals surface area contributed by atoms with Crippen LogP contribution in [0.15, 0.2) is 12.1 Å². The smallest absolute Gasteiger partial charge is 0.107 e. The summed E-state index contributed by atoms with van der Waals surface area (Å²) in [6.45, 7) is 4.32. The Kier molecular flexibility index (Phi) is 5.07. The number of hydrogen-bond donors (Lipinski definition) is 1. The van der Waals surface area contributed by atoms with Gasteiger partial charge in [-0.3, -0.25) is 0 Å². The highest BCUT2D eigenvalue weighted by molar-refractivity contribution is 7.16. The SMILES string of the molecule is CC1CCC(OC(c2ccc(Cl)s2)C(C)N)CC1. The first-order valence-electron chi connectivity index (χ1n) is 6.72. The fourth-order valence-electron chi connectivity index (χ4n) is 2.50. The molecule has 0 radical (unpaired) electrons. The first-order valence-corrected chi connectivity index (χ1v) is 7.92. The molecule has 0 bridgehead atoms. The monoisotopic (exact) mass is 287 g/mol. The van der Waals surface area contributed by atoms with Gasteiger partial charge in [0, 0.05) is 10.9 Å². The van der Waals surface area contributed by atoms with Crippen molar-refractivity contribution in [3.63, 3.8) is 0 Å². The summed E-state index contributed by atoms with van der Waals surface area (Å²) in [7, 11) is 0. The third kappa shape index (κ3) is 3.70. The summed E-state index contributed by atoms with van der Waals surface area (Å²) in [6.07, 6.45) is 5.19. The molecule has 2 rings (SSSR count). The number of halogens is 1. The lowest BCUT2D eigenvalue weighted by Crippen LogP contribution is -2.31. The van der Waals surface area contributed by atoms with Crippen LogP contribution in [0, 0.1) is 5.92 Å². The average Bonchev–Trinajstić information content (AvgIpc) is 2.74. The highest BCUT2D eigenvalue weighted by Gasteiger charge is 2.26. The maximum atomic E-state index is 6.23. The maximum absolute atomic E-state index is 6.23. The summed E-state index contributed by atoms with van der Waals surface area (Å²) in [5, 5.41) is 0. The highest BCUT2D eigenvalue weighted by atomic mass is 35.5. The summed E-state index contributed by atoms with van der Waals surface area (Å²) in [4.78, 5) is 1.15. The molecule has 1 saturated carbocycles. The van der Waals surface area contributed by atoms with E-state index >= 15 is 0 Å². The van der Waals surface area contributed by atoms with Crippen LogP contribution in [0.1, 0.15) is 50.5 Å². The van der Waals surface area contributed by atoms with E-state index in [1.54, 1.807) is 11.3 Å². The minimum Gasteiger partial charge on any atom is -0.368 e. The zero-order valence-electron chi connectivity index (χ0n) is 11.1. The standard InChI is InChI=1S/C14H22ClNOS/c1-9-3-5-11(6-4-9)17-14(10(2)16)12-7-8-13(15)18-12/h7-11,14H,3-6,16H2,1-2H3. The molecule has 1 fully saturated rings. The second kappa shape index (κ2) is 6.38. The zero-order valence-corrected chi connectivity index (χ0v) is 12.6. The van der Waals surface area contributed by atoms with Gasteiger partial charge in [-0.25, -0.2) is 0 Å². The van der Waals surface area contributed by atoms with Crippen molar-refractivity contribution in [2.45, 2.75) is 57.8 Å². The fourth-order valence-corrected chi connectivity index (χ4v) is 3.72. The third-order valence-corrected chi connectivity index (χ3v) is 4.95. The second-order valence-electron chi connectivity index (χ2n) is 5.44. The molecule has 0 spiro atoms. The van der Waals surface area contributed by atoms with Gasteiger partial charge >= 0.3 is 0 Å². The van der Waals surface area contributed by atoms with Crippen LogP contribution in [-0.2, 0) is 4.74 Å². The maximum Gasteiger partial charge on any atom is 0.107 e. The van der Waals surface area contributed by atoms with E-state index in [0.717, 1.165) is 28.0 Å². The molecule has 2 N–H and O–H groups in total. The predicted octanol–water partition coefficient (Wildman–Crippen LogP) is 4.39. The first kappa shape index (κ1) is 14.3. The van der Waals surface area contributed by atoms with E-state index in [0.29, 0.717) is 6.10 Å². The van der Waals surface area contributed by atoms with Gasteiger partial charge in [0.1, 0.15) is 6.10 Å². The van der Waals surface area contributed by atoms with Crippen LogP contribution in [0.3, 0.4) is 0 Å². The number of rotatable bonds is 4. The minimum absolute atomic E-state index is 0.000864. The molecular weight excluding hydrogens is 266 g/mol. The largest absolute Gasteiger partial charge is 0.368 e. The fraction of sp³-hybridized carbons (Fsp3) is 0.714. The summed E-state index contributed by atoms with van der Waals surface area (Å²) in [5.41, 5.74) is 6.06. The molecule has 0 aromatic carbocycles. The van der Waals surface area contributed by atoms with Crippen LogP contribution < -0.4 is 5.73 Å². The molecule has 102 valence electrons. The number of nitrogens with two attached hydrogens (primary N) is 1. The Hall–Kier alpha value is -0.0900. The Labute approximate surface area is 118 Å². The van der Waals surface area contributed by atoms with E-state index in [4.69, 9.17) is 22.1 Å². The summed E-state index contributed by atoms with van der Waals surface area (Å²) in [6, 6.07) is 3.95. The molecule has 1 aromatic heterocycles. The van der Waals surface area contributed by atoms with Crippen molar-refractivity contribution in [3.05, 3.63) is 21.3 Å². The Morgan fingerprint density at radius 2 is 2.00 bits per heavy atom. The molecule has 2 unspecified atom stereocenters. The molecule has 0 aliphatic heterocycles. The van der Waals surface area contributed by atoms with E-state index < -0.39 is 0 Å². The van der Waals surface area contributed by atoms with Crippen LogP contribution in [0.4, 0.5) is 0 Å². The van der Waals surface area contributed by atoms with Crippen molar-refractivity contribution in [1.82, 2.24) is 0 Å². The van der Waals surface area contributed by atoms with Crippen LogP contribution >= 0.6 is 22.9 Å². The Balaban J connectivity index is 1.99. The van der Waals surface area contributed by atoms with Crippen molar-refractivity contribution < 1.29 is 4.74 Å². The van der Waals surface area contributed by atoms with Crippen molar-refractivity contribution >= 4 is 22.9 Å². The van der Waals surface area contributed by atoms with Gasteiger partial charge < -0.3 is 10.5 Å². The van der Waals surface area contributed by atoms with Crippen LogP contribution in [-0.4, -0.2) is 12.1 Å². The zero-order chi connectivity index (χ0) is 13.1. The van der Waals surface area contributed by atoms with Gasteiger partial charge in [0.05, 0.1) is 10.4 Å². The molecule has 18 heavy (non-hydrogen) atoms. The highest BCUT2D eigenvalue weighted by Crippen LogP contribution is 2.34. The van der Waals surface area contributed by atoms with E-state index in [9.17, 15) is 0 Å². The van der Waals surface area contributed by atoms with E-state index in [1.807, 2.05) is 19.1 Å². The van der Waals surface area contributed by atoms with Gasteiger partial charge in [0.15, 0.2) is 0 Å². The molecule has 4 heteroatoms. The number of hydrogen-bond acceptors (Lipinski definition) is 3. The average molecular weight is 288 g/mol. The molecule has 1 aliphatic rings. The normalized spacial score (nSPS) is 28.0. The van der Waals surface area contributed by atoms with Crippen molar-refractivity contribution in [2.75, 3.05) is 0 Å². The summed E-state index contributed by atoms with van der Waals surface area (Å²) < 4.78 is 7.03. The third-order valence-electron chi connectivity index (χ3n) is 3.65. The van der Waals surface area contributed by atoms with Gasteiger partial charge in [-0.15, -0.1) is 11.3 Å². The first-order chi connectivity index (χ1) is 8.56. The Morgan fingerprint density at radius 3 is 2.50 bits per heavy atom. The number of ether oxygens (including phenoxy) is 1. The Morgan fingerprint density at radius 1 is 1.33 bits per heavy atom. The molecular formula is C14H22ClNOS. The molecule has 2 nitrogen and oxygen atoms in total. The van der Waals surface area contributed by atoms with Gasteiger partial charge in [-0.2, -0.15) is 0 Å². The van der Waals surface area contributed by atoms with Gasteiger partial charge in [-0.1, -0.05) is 18.5 Å². The quantitative estimate of drug-likeness (QED) is 0.891. The van der Waals surface area contributed by atoms with Gasteiger partial charge in [-0.05, 0) is 50.7 Å². The number of thiophene rings is 1. The molecule has 1 heterocycles. The topological polar surface area (TPSA) is 35.2 Å². The van der Waals surface area contributed by atoms with E-state index in [2.05, 4.69) is 6.92 Å². The summed E-state index contributed by atoms with van der Waals surface area (Å²) in [5.74, 6) is 0.842.